The van der Waals surface area contributed by atoms with Gasteiger partial charge in [0.1, 0.15) is 17.1 Å². The molecular formula is C40H42BrN9O5. The van der Waals surface area contributed by atoms with Gasteiger partial charge >= 0.3 is 0 Å². The fraction of sp³-hybridized carbons (Fsp3) is 0.375. The molecule has 15 heteroatoms. The number of nitrogens with zero attached hydrogens (tertiary/aromatic N) is 6. The van der Waals surface area contributed by atoms with Gasteiger partial charge < -0.3 is 24.8 Å². The minimum atomic E-state index is -0.309. The number of hydrogen-bond donors (Lipinski definition) is 3. The first kappa shape index (κ1) is 36.4. The summed E-state index contributed by atoms with van der Waals surface area (Å²) in [6.07, 6.45) is 7.43. The Morgan fingerprint density at radius 2 is 1.82 bits per heavy atom. The zero-order chi connectivity index (χ0) is 38.2. The number of likely N-dealkylation sites (tertiary alicyclic amines) is 1. The Hall–Kier alpha value is -5.57. The second-order valence-corrected chi connectivity index (χ2v) is 15.6. The monoisotopic (exact) mass is 807 g/mol. The molecule has 3 aliphatic heterocycles. The number of amides is 4. The second-order valence-electron chi connectivity index (χ2n) is 14.7. The minimum Gasteiger partial charge on any atom is -0.454 e. The molecule has 0 bridgehead atoms. The van der Waals surface area contributed by atoms with Crippen LogP contribution in [0.15, 0.2) is 65.4 Å². The molecule has 2 aromatic carbocycles. The van der Waals surface area contributed by atoms with Crippen LogP contribution in [0.1, 0.15) is 66.1 Å². The number of imidazole rings is 1. The molecule has 284 valence electrons. The van der Waals surface area contributed by atoms with E-state index in [0.717, 1.165) is 48.3 Å². The third-order valence-corrected chi connectivity index (χ3v) is 11.3. The van der Waals surface area contributed by atoms with Crippen LogP contribution in [0.5, 0.6) is 11.5 Å². The number of anilines is 1. The highest BCUT2D eigenvalue weighted by Gasteiger charge is 2.31. The number of aryl methyl sites for hydroxylation is 2. The van der Waals surface area contributed by atoms with Gasteiger partial charge in [-0.3, -0.25) is 29.2 Å². The average molecular weight is 809 g/mol. The quantitative estimate of drug-likeness (QED) is 0.166. The molecule has 0 radical (unpaired) electrons. The first-order chi connectivity index (χ1) is 26.6. The number of rotatable bonds is 9. The number of fused-ring (bicyclic) bond motifs is 1. The SMILES string of the molecule is Cc1nn(C)cc1-c1nc2ncc(Br)c(Oc3ccc(C(=O)N4CC[C@H](CC(=O)NC5CCCN(c6ccc([C@@H]7CCC(=O)NC7=O)cc6)C5)C4)cc3)c2[nH]1. The lowest BCUT2D eigenvalue weighted by molar-refractivity contribution is -0.134. The van der Waals surface area contributed by atoms with Crippen molar-refractivity contribution in [2.45, 2.75) is 57.4 Å². The highest BCUT2D eigenvalue weighted by atomic mass is 79.9. The van der Waals surface area contributed by atoms with E-state index in [1.54, 1.807) is 35.1 Å². The maximum absolute atomic E-state index is 13.5. The summed E-state index contributed by atoms with van der Waals surface area (Å²) in [6.45, 7) is 4.65. The summed E-state index contributed by atoms with van der Waals surface area (Å²) in [6, 6.07) is 15.1. The Morgan fingerprint density at radius 1 is 1.02 bits per heavy atom. The second kappa shape index (κ2) is 15.3. The van der Waals surface area contributed by atoms with Gasteiger partial charge in [0.25, 0.3) is 5.91 Å². The topological polar surface area (TPSA) is 167 Å². The highest BCUT2D eigenvalue weighted by molar-refractivity contribution is 9.10. The Kier molecular flexibility index (Phi) is 10.1. The first-order valence-corrected chi connectivity index (χ1v) is 19.5. The Labute approximate surface area is 326 Å². The van der Waals surface area contributed by atoms with Crippen molar-refractivity contribution in [2.24, 2.45) is 13.0 Å². The van der Waals surface area contributed by atoms with E-state index in [0.29, 0.717) is 77.4 Å². The number of carbonyl (C=O) groups is 4. The lowest BCUT2D eigenvalue weighted by Crippen LogP contribution is -2.48. The lowest BCUT2D eigenvalue weighted by atomic mass is 9.90. The molecule has 0 spiro atoms. The van der Waals surface area contributed by atoms with Gasteiger partial charge in [0.05, 0.1) is 21.6 Å². The van der Waals surface area contributed by atoms with E-state index in [1.807, 2.05) is 49.3 Å². The van der Waals surface area contributed by atoms with Gasteiger partial charge in [-0.2, -0.15) is 5.10 Å². The van der Waals surface area contributed by atoms with Crippen LogP contribution in [-0.2, 0) is 21.4 Å². The average Bonchev–Trinajstić information content (AvgIpc) is 3.91. The van der Waals surface area contributed by atoms with E-state index in [1.165, 1.54) is 0 Å². The molecular weight excluding hydrogens is 766 g/mol. The summed E-state index contributed by atoms with van der Waals surface area (Å²) in [5.41, 5.74) is 5.38. The van der Waals surface area contributed by atoms with Crippen molar-refractivity contribution in [2.75, 3.05) is 31.1 Å². The van der Waals surface area contributed by atoms with E-state index in [9.17, 15) is 19.2 Å². The summed E-state index contributed by atoms with van der Waals surface area (Å²) in [4.78, 5) is 67.0. The van der Waals surface area contributed by atoms with Crippen LogP contribution in [0.4, 0.5) is 5.69 Å². The molecule has 3 saturated heterocycles. The molecule has 3 aromatic heterocycles. The Morgan fingerprint density at radius 3 is 2.56 bits per heavy atom. The fourth-order valence-electron chi connectivity index (χ4n) is 7.93. The zero-order valence-corrected chi connectivity index (χ0v) is 32.3. The molecule has 3 N–H and O–H groups in total. The molecule has 14 nitrogen and oxygen atoms in total. The van der Waals surface area contributed by atoms with Gasteiger partial charge in [0.2, 0.25) is 17.7 Å². The van der Waals surface area contributed by atoms with Crippen LogP contribution in [0.25, 0.3) is 22.6 Å². The lowest BCUT2D eigenvalue weighted by Gasteiger charge is -2.35. The van der Waals surface area contributed by atoms with Crippen LogP contribution in [-0.4, -0.2) is 85.5 Å². The van der Waals surface area contributed by atoms with Gasteiger partial charge in [-0.25, -0.2) is 9.97 Å². The number of nitrogens with one attached hydrogen (secondary N) is 3. The molecule has 6 heterocycles. The van der Waals surface area contributed by atoms with E-state index in [4.69, 9.17) is 4.74 Å². The van der Waals surface area contributed by atoms with Gasteiger partial charge in [-0.05, 0) is 96.4 Å². The number of halogens is 1. The molecule has 3 fully saturated rings. The van der Waals surface area contributed by atoms with Crippen molar-refractivity contribution in [1.82, 2.24) is 40.3 Å². The van der Waals surface area contributed by atoms with Crippen molar-refractivity contribution in [3.63, 3.8) is 0 Å². The maximum Gasteiger partial charge on any atom is 0.253 e. The normalized spacial score (nSPS) is 20.2. The minimum absolute atomic E-state index is 0.0113. The molecule has 0 saturated carbocycles. The van der Waals surface area contributed by atoms with Crippen LogP contribution < -0.4 is 20.3 Å². The van der Waals surface area contributed by atoms with Crippen molar-refractivity contribution in [1.29, 1.82) is 0 Å². The van der Waals surface area contributed by atoms with Crippen molar-refractivity contribution in [3.8, 4) is 22.9 Å². The summed E-state index contributed by atoms with van der Waals surface area (Å²) < 4.78 is 8.68. The van der Waals surface area contributed by atoms with Crippen LogP contribution >= 0.6 is 15.9 Å². The fourth-order valence-corrected chi connectivity index (χ4v) is 8.31. The maximum atomic E-state index is 13.5. The van der Waals surface area contributed by atoms with Gasteiger partial charge in [0.15, 0.2) is 11.4 Å². The van der Waals surface area contributed by atoms with Crippen LogP contribution in [0.3, 0.4) is 0 Å². The zero-order valence-electron chi connectivity index (χ0n) is 30.7. The molecule has 0 aliphatic carbocycles. The van der Waals surface area contributed by atoms with E-state index in [2.05, 4.69) is 51.5 Å². The molecule has 5 aromatic rings. The summed E-state index contributed by atoms with van der Waals surface area (Å²) in [5, 5.41) is 10.1. The van der Waals surface area contributed by atoms with E-state index < -0.39 is 0 Å². The third-order valence-electron chi connectivity index (χ3n) is 10.8. The number of carbonyl (C=O) groups excluding carboxylic acids is 4. The highest BCUT2D eigenvalue weighted by Crippen LogP contribution is 2.37. The Bertz CT molecular complexity index is 2270. The summed E-state index contributed by atoms with van der Waals surface area (Å²) in [5.74, 6) is 1.00. The number of pyridine rings is 1. The molecule has 55 heavy (non-hydrogen) atoms. The number of hydrogen-bond acceptors (Lipinski definition) is 9. The predicted octanol–water partition coefficient (Wildman–Crippen LogP) is 5.38. The van der Waals surface area contributed by atoms with E-state index >= 15 is 0 Å². The third kappa shape index (κ3) is 7.84. The number of ether oxygens (including phenoxy) is 1. The smallest absolute Gasteiger partial charge is 0.253 e. The van der Waals surface area contributed by atoms with Crippen molar-refractivity contribution < 1.29 is 23.9 Å². The van der Waals surface area contributed by atoms with E-state index in [-0.39, 0.29) is 41.5 Å². The van der Waals surface area contributed by atoms with Gasteiger partial charge in [-0.1, -0.05) is 12.1 Å². The first-order valence-electron chi connectivity index (χ1n) is 18.7. The van der Waals surface area contributed by atoms with Crippen molar-refractivity contribution >= 4 is 56.4 Å². The number of H-pyrrole nitrogens is 1. The molecule has 3 aliphatic rings. The number of benzene rings is 2. The number of aromatic amines is 1. The number of aromatic nitrogens is 5. The summed E-state index contributed by atoms with van der Waals surface area (Å²) >= 11 is 3.56. The Balaban J connectivity index is 0.830. The number of imide groups is 1. The van der Waals surface area contributed by atoms with Crippen molar-refractivity contribution in [3.05, 3.63) is 82.2 Å². The molecule has 3 atom stereocenters. The standard InChI is InChI=1S/C40H42BrN9O5/c1-23-31(22-48(2)47-23)37-45-35-36(32(41)19-42-38(35)46-37)55-29-11-7-26(8-12-29)40(54)50-17-15-24(20-50)18-34(52)43-27-4-3-16-49(21-27)28-9-5-25(6-10-28)30-13-14-33(51)44-39(30)53/h5-12,19,22,24,27,30H,3-4,13-18,20-21H2,1-2H3,(H,43,52)(H,42,45,46)(H,44,51,53)/t24-,27?,30+/m1/s1. The molecule has 4 amide bonds. The van der Waals surface area contributed by atoms with Crippen LogP contribution in [0, 0.1) is 12.8 Å². The largest absolute Gasteiger partial charge is 0.454 e. The summed E-state index contributed by atoms with van der Waals surface area (Å²) in [7, 11) is 1.86. The predicted molar refractivity (Wildman–Crippen MR) is 209 cm³/mol. The molecule has 1 unspecified atom stereocenters. The number of piperidine rings is 2. The molecule has 8 rings (SSSR count). The van der Waals surface area contributed by atoms with Gasteiger partial charge in [0, 0.05) is 75.8 Å². The van der Waals surface area contributed by atoms with Gasteiger partial charge in [-0.15, -0.1) is 0 Å². The van der Waals surface area contributed by atoms with Crippen LogP contribution in [0.2, 0.25) is 0 Å².